The summed E-state index contributed by atoms with van der Waals surface area (Å²) in [5, 5.41) is 5.41. The van der Waals surface area contributed by atoms with Crippen molar-refractivity contribution >= 4 is 18.5 Å². The van der Waals surface area contributed by atoms with Crippen LogP contribution in [0.5, 0.6) is 0 Å². The number of rotatable bonds is 10. The van der Waals surface area contributed by atoms with Gasteiger partial charge in [0.15, 0.2) is 8.32 Å². The molecular formula is C15H34N2O4SSi. The van der Waals surface area contributed by atoms with Gasteiger partial charge in [0.2, 0.25) is 0 Å². The van der Waals surface area contributed by atoms with Crippen molar-refractivity contribution in [1.82, 2.24) is 4.31 Å². The maximum absolute atomic E-state index is 11.9. The van der Waals surface area contributed by atoms with E-state index in [0.29, 0.717) is 13.0 Å². The van der Waals surface area contributed by atoms with Gasteiger partial charge in [-0.3, -0.25) is 0 Å². The van der Waals surface area contributed by atoms with Crippen LogP contribution in [0.1, 0.15) is 34.1 Å². The molecule has 1 unspecified atom stereocenters. The molecule has 0 spiro atoms. The van der Waals surface area contributed by atoms with E-state index in [1.807, 2.05) is 6.92 Å². The first-order chi connectivity index (χ1) is 10.3. The van der Waals surface area contributed by atoms with Gasteiger partial charge in [-0.2, -0.15) is 12.7 Å². The first-order valence-electron chi connectivity index (χ1n) is 7.83. The van der Waals surface area contributed by atoms with E-state index >= 15 is 0 Å². The molecule has 2 N–H and O–H groups in total. The number of methoxy groups -OCH3 is 1. The Morgan fingerprint density at radius 1 is 1.35 bits per heavy atom. The third kappa shape index (κ3) is 7.45. The summed E-state index contributed by atoms with van der Waals surface area (Å²) in [6.07, 6.45) is 1.85. The van der Waals surface area contributed by atoms with Crippen molar-refractivity contribution < 1.29 is 17.6 Å². The molecule has 0 rings (SSSR count). The average Bonchev–Trinajstić information content (AvgIpc) is 2.32. The maximum atomic E-state index is 11.9. The molecule has 0 aliphatic carbocycles. The molecule has 23 heavy (non-hydrogen) atoms. The van der Waals surface area contributed by atoms with Crippen LogP contribution < -0.4 is 5.14 Å². The Morgan fingerprint density at radius 2 is 1.87 bits per heavy atom. The van der Waals surface area contributed by atoms with Gasteiger partial charge in [0.1, 0.15) is 0 Å². The van der Waals surface area contributed by atoms with Crippen LogP contribution in [-0.4, -0.2) is 53.4 Å². The summed E-state index contributed by atoms with van der Waals surface area (Å²) in [4.78, 5) is 0. The predicted molar refractivity (Wildman–Crippen MR) is 98.0 cm³/mol. The van der Waals surface area contributed by atoms with E-state index in [4.69, 9.17) is 14.3 Å². The molecule has 0 saturated carbocycles. The van der Waals surface area contributed by atoms with Crippen LogP contribution >= 0.6 is 0 Å². The minimum absolute atomic E-state index is 0.0259. The van der Waals surface area contributed by atoms with Crippen molar-refractivity contribution in [3.8, 4) is 0 Å². The summed E-state index contributed by atoms with van der Waals surface area (Å²) in [6.45, 7) is 16.6. The zero-order valence-electron chi connectivity index (χ0n) is 15.6. The van der Waals surface area contributed by atoms with E-state index < -0.39 is 18.5 Å². The lowest BCUT2D eigenvalue weighted by molar-refractivity contribution is 0.0551. The van der Waals surface area contributed by atoms with E-state index in [1.165, 1.54) is 4.31 Å². The molecular weight excluding hydrogens is 332 g/mol. The van der Waals surface area contributed by atoms with Crippen molar-refractivity contribution in [3.05, 3.63) is 12.7 Å². The molecule has 0 aromatic carbocycles. The fourth-order valence-corrected chi connectivity index (χ4v) is 4.29. The van der Waals surface area contributed by atoms with Gasteiger partial charge in [-0.15, -0.1) is 6.58 Å². The molecule has 0 amide bonds. The summed E-state index contributed by atoms with van der Waals surface area (Å²) < 4.78 is 36.7. The number of nitrogens with zero attached hydrogens (tertiary/aromatic N) is 1. The lowest BCUT2D eigenvalue weighted by atomic mass is 10.2. The summed E-state index contributed by atoms with van der Waals surface area (Å²) in [5.74, 6) is 0. The largest absolute Gasteiger partial charge is 0.410 e. The third-order valence-corrected chi connectivity index (χ3v) is 10.0. The third-order valence-electron chi connectivity index (χ3n) is 4.33. The van der Waals surface area contributed by atoms with E-state index in [2.05, 4.69) is 40.4 Å². The smallest absolute Gasteiger partial charge is 0.277 e. The Hall–Kier alpha value is -0.253. The Morgan fingerprint density at radius 3 is 2.22 bits per heavy atom. The van der Waals surface area contributed by atoms with Crippen LogP contribution in [0, 0.1) is 0 Å². The molecule has 0 aliphatic rings. The van der Waals surface area contributed by atoms with E-state index in [9.17, 15) is 8.42 Å². The van der Waals surface area contributed by atoms with Gasteiger partial charge in [-0.05, 0) is 31.5 Å². The summed E-state index contributed by atoms with van der Waals surface area (Å²) in [5.41, 5.74) is 0. The highest BCUT2D eigenvalue weighted by atomic mass is 32.2. The number of nitrogens with two attached hydrogens (primary N) is 1. The van der Waals surface area contributed by atoms with E-state index in [1.54, 1.807) is 13.2 Å². The van der Waals surface area contributed by atoms with Gasteiger partial charge in [0, 0.05) is 19.7 Å². The van der Waals surface area contributed by atoms with Crippen molar-refractivity contribution in [2.45, 2.75) is 64.4 Å². The first-order valence-corrected chi connectivity index (χ1v) is 12.2. The standard InChI is InChI=1S/C15H34N2O4SSi/c1-9-10-13(2)17(22(16,18)19)11-14(12-20-6)21-23(7,8)15(3,4)5/h9,13-14H,1,10-12H2,2-8H3,(H2,16,18,19)/t13?,14-/m1/s1. The highest BCUT2D eigenvalue weighted by Crippen LogP contribution is 2.37. The van der Waals surface area contributed by atoms with Crippen LogP contribution in [-0.2, 0) is 19.4 Å². The zero-order valence-corrected chi connectivity index (χ0v) is 17.4. The van der Waals surface area contributed by atoms with Gasteiger partial charge in [0.05, 0.1) is 12.7 Å². The zero-order chi connectivity index (χ0) is 18.5. The van der Waals surface area contributed by atoms with Crippen molar-refractivity contribution in [1.29, 1.82) is 0 Å². The second kappa shape index (κ2) is 8.73. The molecule has 0 heterocycles. The summed E-state index contributed by atoms with van der Waals surface area (Å²) in [7, 11) is -4.29. The van der Waals surface area contributed by atoms with Crippen LogP contribution in [0.25, 0.3) is 0 Å². The second-order valence-electron chi connectivity index (χ2n) is 7.44. The fourth-order valence-electron chi connectivity index (χ4n) is 2.00. The van der Waals surface area contributed by atoms with Crippen molar-refractivity contribution in [2.24, 2.45) is 5.14 Å². The molecule has 0 radical (unpaired) electrons. The topological polar surface area (TPSA) is 81.9 Å². The minimum atomic E-state index is -3.83. The first kappa shape index (κ1) is 22.7. The molecule has 0 aromatic rings. The number of hydrogen-bond acceptors (Lipinski definition) is 4. The highest BCUT2D eigenvalue weighted by molar-refractivity contribution is 7.86. The monoisotopic (exact) mass is 366 g/mol. The highest BCUT2D eigenvalue weighted by Gasteiger charge is 2.40. The Kier molecular flexibility index (Phi) is 8.63. The van der Waals surface area contributed by atoms with Gasteiger partial charge in [-0.25, -0.2) is 5.14 Å². The Labute approximate surface area is 143 Å². The fraction of sp³-hybridized carbons (Fsp3) is 0.867. The molecule has 0 bridgehead atoms. The summed E-state index contributed by atoms with van der Waals surface area (Å²) >= 11 is 0. The van der Waals surface area contributed by atoms with Crippen molar-refractivity contribution in [2.75, 3.05) is 20.3 Å². The van der Waals surface area contributed by atoms with Gasteiger partial charge >= 0.3 is 0 Å². The predicted octanol–water partition coefficient (Wildman–Crippen LogP) is 2.49. The molecule has 0 aliphatic heterocycles. The van der Waals surface area contributed by atoms with Crippen LogP contribution in [0.15, 0.2) is 12.7 Å². The van der Waals surface area contributed by atoms with Crippen LogP contribution in [0.2, 0.25) is 18.1 Å². The van der Waals surface area contributed by atoms with Gasteiger partial charge in [0.25, 0.3) is 10.2 Å². The number of ether oxygens (including phenoxy) is 1. The lowest BCUT2D eigenvalue weighted by Crippen LogP contribution is -2.52. The maximum Gasteiger partial charge on any atom is 0.277 e. The second-order valence-corrected chi connectivity index (χ2v) is 13.7. The molecule has 0 fully saturated rings. The van der Waals surface area contributed by atoms with Crippen LogP contribution in [0.4, 0.5) is 0 Å². The van der Waals surface area contributed by atoms with Gasteiger partial charge < -0.3 is 9.16 Å². The van der Waals surface area contributed by atoms with E-state index in [-0.39, 0.29) is 23.7 Å². The Bertz CT molecular complexity index is 474. The number of hydrogen-bond donors (Lipinski definition) is 1. The quantitative estimate of drug-likeness (QED) is 0.476. The lowest BCUT2D eigenvalue weighted by Gasteiger charge is -2.40. The normalized spacial score (nSPS) is 16.4. The molecule has 138 valence electrons. The van der Waals surface area contributed by atoms with Crippen molar-refractivity contribution in [3.63, 3.8) is 0 Å². The summed E-state index contributed by atoms with van der Waals surface area (Å²) in [6, 6.07) is -0.273. The molecule has 6 nitrogen and oxygen atoms in total. The SMILES string of the molecule is C=CCC(C)N(C[C@H](COC)O[Si](C)(C)C(C)(C)C)S(N)(=O)=O. The minimum Gasteiger partial charge on any atom is -0.410 e. The Balaban J connectivity index is 5.32. The molecule has 0 saturated heterocycles. The average molecular weight is 367 g/mol. The molecule has 8 heteroatoms. The van der Waals surface area contributed by atoms with Crippen LogP contribution in [0.3, 0.4) is 0 Å². The van der Waals surface area contributed by atoms with E-state index in [0.717, 1.165) is 0 Å². The van der Waals surface area contributed by atoms with Gasteiger partial charge in [-0.1, -0.05) is 26.8 Å². The molecule has 2 atom stereocenters. The molecule has 0 aromatic heterocycles.